The van der Waals surface area contributed by atoms with Crippen LogP contribution in [0.5, 0.6) is 0 Å². The highest BCUT2D eigenvalue weighted by Crippen LogP contribution is 2.51. The van der Waals surface area contributed by atoms with Gasteiger partial charge >= 0.3 is 0 Å². The van der Waals surface area contributed by atoms with E-state index < -0.39 is 36.8 Å². The zero-order valence-electron chi connectivity index (χ0n) is 92.9. The Morgan fingerprint density at radius 3 is 0.763 bits per heavy atom. The summed E-state index contributed by atoms with van der Waals surface area (Å²) in [6, 6.07) is 80.6. The summed E-state index contributed by atoms with van der Waals surface area (Å²) in [5.74, 6) is -2.57. The maximum absolute atomic E-state index is 8.85. The summed E-state index contributed by atoms with van der Waals surface area (Å²) in [5.41, 5.74) is 37.7. The summed E-state index contributed by atoms with van der Waals surface area (Å²) in [6.07, 6.45) is -2.92. The molecule has 0 spiro atoms. The molecule has 12 nitrogen and oxygen atoms in total. The van der Waals surface area contributed by atoms with Gasteiger partial charge in [-0.25, -0.2) is 19.4 Å². The normalized spacial score (nSPS) is 13.3. The van der Waals surface area contributed by atoms with Crippen molar-refractivity contribution in [1.82, 2.24) is 0 Å². The van der Waals surface area contributed by atoms with Crippen molar-refractivity contribution in [2.45, 2.75) is 170 Å². The van der Waals surface area contributed by atoms with Crippen molar-refractivity contribution in [2.24, 2.45) is 39.5 Å². The number of furan rings is 4. The molecule has 0 bridgehead atoms. The zero-order chi connectivity index (χ0) is 107. The molecule has 12 heteroatoms. The van der Waals surface area contributed by atoms with Crippen LogP contribution in [0.15, 0.2) is 260 Å². The number of nitrogens with zero attached hydrogens (tertiary/aromatic N) is 8. The number of rotatable bonds is 13. The quantitative estimate of drug-likeness (QED) is 0.0850. The molecule has 690 valence electrons. The van der Waals surface area contributed by atoms with Gasteiger partial charge in [0, 0.05) is 152 Å². The third-order valence-electron chi connectivity index (χ3n) is 27.4. The fraction of sp³-hybridized carbons (Fsp3) is 0.244. The molecule has 12 aromatic carbocycles. The number of aryl methyl sites for hydroxylation is 8. The molecular formula is C127H122N8O4+4. The molecule has 0 aliphatic heterocycles. The summed E-state index contributed by atoms with van der Waals surface area (Å²) in [5, 5.41) is 7.87. The van der Waals surface area contributed by atoms with Crippen LogP contribution in [0.25, 0.3) is 197 Å². The van der Waals surface area contributed by atoms with Crippen LogP contribution in [-0.2, 0) is 40.9 Å². The number of hydrogen-bond acceptors (Lipinski definition) is 4. The van der Waals surface area contributed by atoms with Gasteiger partial charge < -0.3 is 17.7 Å². The molecule has 0 fully saturated rings. The van der Waals surface area contributed by atoms with Crippen LogP contribution in [0.4, 0.5) is 22.7 Å². The third-order valence-corrected chi connectivity index (χ3v) is 27.4. The van der Waals surface area contributed by atoms with Crippen LogP contribution >= 0.6 is 0 Å². The van der Waals surface area contributed by atoms with Crippen molar-refractivity contribution in [1.29, 1.82) is 0 Å². The molecule has 0 saturated heterocycles. The molecule has 0 radical (unpaired) electrons. The molecule has 139 heavy (non-hydrogen) atoms. The van der Waals surface area contributed by atoms with Gasteiger partial charge in [0.2, 0.25) is 22.8 Å². The lowest BCUT2D eigenvalue weighted by Gasteiger charge is -2.19. The average molecular weight is 1830 g/mol. The molecule has 0 amide bonds. The summed E-state index contributed by atoms with van der Waals surface area (Å²) in [4.78, 5) is 15.2. The Balaban J connectivity index is 0.000000135. The predicted molar refractivity (Wildman–Crippen MR) is 575 cm³/mol. The van der Waals surface area contributed by atoms with Gasteiger partial charge in [-0.1, -0.05) is 279 Å². The van der Waals surface area contributed by atoms with E-state index in [4.69, 9.17) is 56.3 Å². The first-order chi connectivity index (χ1) is 69.9. The summed E-state index contributed by atoms with van der Waals surface area (Å²) in [6.45, 7) is 68.0. The topological polar surface area (TPSA) is 85.5 Å². The van der Waals surface area contributed by atoms with Crippen molar-refractivity contribution in [3.05, 3.63) is 378 Å². The van der Waals surface area contributed by atoms with E-state index in [1.807, 2.05) is 242 Å². The second-order valence-electron chi connectivity index (χ2n) is 38.6. The van der Waals surface area contributed by atoms with Crippen molar-refractivity contribution < 1.29 is 48.3 Å². The predicted octanol–water partition coefficient (Wildman–Crippen LogP) is 33.9. The minimum absolute atomic E-state index is 0.144. The Bertz CT molecular complexity index is 8740. The summed E-state index contributed by atoms with van der Waals surface area (Å²) in [7, 11) is 7.91. The van der Waals surface area contributed by atoms with Gasteiger partial charge in [-0.2, -0.15) is 18.3 Å². The molecule has 1 unspecified atom stereocenters. The van der Waals surface area contributed by atoms with E-state index >= 15 is 0 Å². The minimum Gasteiger partial charge on any atom is -0.456 e. The van der Waals surface area contributed by atoms with Gasteiger partial charge in [-0.3, -0.25) is 0 Å². The number of fused-ring (bicyclic) bond motifs is 12. The summed E-state index contributed by atoms with van der Waals surface area (Å²) >= 11 is 0. The van der Waals surface area contributed by atoms with Gasteiger partial charge in [-0.05, 0) is 160 Å². The fourth-order valence-corrected chi connectivity index (χ4v) is 19.6. The van der Waals surface area contributed by atoms with E-state index in [1.165, 1.54) is 12.5 Å². The Labute approximate surface area is 830 Å². The van der Waals surface area contributed by atoms with Gasteiger partial charge in [0.25, 0.3) is 0 Å². The monoisotopic (exact) mass is 1830 g/mol. The molecule has 8 aromatic heterocycles. The highest BCUT2D eigenvalue weighted by Gasteiger charge is 2.33. The van der Waals surface area contributed by atoms with E-state index in [0.717, 1.165) is 217 Å². The number of benzene rings is 12. The van der Waals surface area contributed by atoms with Crippen molar-refractivity contribution >= 4 is 111 Å². The first kappa shape index (κ1) is 83.9. The van der Waals surface area contributed by atoms with E-state index in [0.29, 0.717) is 67.5 Å². The standard InChI is InChI=1S/C33H33N2O.C32H31N2O.2C31H29N2O/c1-20-9-12-23(13-10-20)30-27(34-7)17-16-26-25-15-11-21(2)29(31(25)36-32(26)30)28-18-14-24(19-33(4,5)6)22(3)35(28)8;1-19(2)18-24-13-17-28(34(7)22(24)5)29-21(4)10-14-25-26-15-16-27(33-6)30(32(26)35-31(25)29)23-11-8-20(3)9-12-23;2*1-18(2)23-15-17-27(33(7)21(23)5)28-20(4)10-13-24-25-14-16-26(32-6)29(31(25)34-30(24)28)22-11-8-19(3)9-12-22/h9-18H,19H2,1-6,8H3;8-17,19H,18H2,1-5,7H3;2*8-18H,1-5,7H3/q4*+1/i19D2;18D2;1D3,18D;18D. The average Bonchev–Trinajstić information content (AvgIpc) is 1.59. The zero-order valence-corrected chi connectivity index (χ0v) is 83.9. The van der Waals surface area contributed by atoms with Crippen molar-refractivity contribution in [3.8, 4) is 89.5 Å². The largest absolute Gasteiger partial charge is 0.456 e. The fourth-order valence-electron chi connectivity index (χ4n) is 19.6. The number of pyridine rings is 4. The van der Waals surface area contributed by atoms with Crippen molar-refractivity contribution in [2.75, 3.05) is 0 Å². The molecule has 20 aromatic rings. The smallest absolute Gasteiger partial charge is 0.216 e. The van der Waals surface area contributed by atoms with Crippen LogP contribution in [0, 0.1) is 121 Å². The SMILES string of the molecule is [2H]C(C)(C)c1ccc(-c2c(C)ccc3c2oc2c(-c4ccc(C)cc4)c([N+]#[C-])ccc23)[n+](C)c1C.[2H]C([2H])([2H])C([2H])(C)c1ccc(-c2c(C)ccc3c2oc2c(-c4ccc(C)cc4)c([N+]#[C-])ccc23)[n+](C)c1C.[2H]C([2H])(c1ccc(-c2c(C)ccc3c2oc2c(-c4ccc(C)cc4)c([N+]#[C-])ccc23)[n+](C)c1C)C(C)(C)C.[2H]C([2H])(c1ccc(-c2c(C)ccc3c2oc2c(-c4ccc(C)cc4)c([N+]#[C-])ccc23)[n+](C)c1C)C(C)C. The maximum Gasteiger partial charge on any atom is 0.216 e. The first-order valence-corrected chi connectivity index (χ1v) is 47.2. The molecule has 1 atom stereocenters. The molecule has 0 aliphatic carbocycles. The highest BCUT2D eigenvalue weighted by atomic mass is 16.3. The second kappa shape index (κ2) is 38.2. The number of aromatic nitrogens is 4. The molecule has 0 aliphatic rings. The van der Waals surface area contributed by atoms with Crippen LogP contribution in [0.3, 0.4) is 0 Å². The van der Waals surface area contributed by atoms with Gasteiger partial charge in [0.05, 0.1) is 48.5 Å². The van der Waals surface area contributed by atoms with Crippen LogP contribution in [0.1, 0.15) is 176 Å². The molecule has 8 heterocycles. The second-order valence-corrected chi connectivity index (χ2v) is 38.6. The van der Waals surface area contributed by atoms with Gasteiger partial charge in [0.1, 0.15) is 72.9 Å². The molecule has 0 saturated carbocycles. The lowest BCUT2D eigenvalue weighted by molar-refractivity contribution is -0.667. The minimum atomic E-state index is -2.46. The molecular weight excluding hydrogens is 1700 g/mol. The molecule has 20 rings (SSSR count). The van der Waals surface area contributed by atoms with Crippen molar-refractivity contribution in [3.63, 3.8) is 0 Å². The lowest BCUT2D eigenvalue weighted by atomic mass is 9.87. The van der Waals surface area contributed by atoms with Crippen LogP contribution < -0.4 is 18.3 Å². The third kappa shape index (κ3) is 17.6. The number of hydrogen-bond donors (Lipinski definition) is 0. The van der Waals surface area contributed by atoms with Gasteiger partial charge in [-0.15, -0.1) is 0 Å². The Kier molecular flexibility index (Phi) is 23.1. The summed E-state index contributed by atoms with van der Waals surface area (Å²) < 4.78 is 111. The van der Waals surface area contributed by atoms with E-state index in [9.17, 15) is 0 Å². The Hall–Kier alpha value is -15.6. The van der Waals surface area contributed by atoms with E-state index in [-0.39, 0.29) is 5.92 Å². The van der Waals surface area contributed by atoms with E-state index in [1.54, 1.807) is 6.07 Å². The maximum atomic E-state index is 8.85. The molecule has 0 N–H and O–H groups in total. The Morgan fingerprint density at radius 1 is 0.288 bits per heavy atom. The lowest BCUT2D eigenvalue weighted by Crippen LogP contribution is -2.36. The Morgan fingerprint density at radius 2 is 0.518 bits per heavy atom. The first-order valence-electron chi connectivity index (χ1n) is 51.7. The van der Waals surface area contributed by atoms with Gasteiger partial charge in [0.15, 0.2) is 45.5 Å². The van der Waals surface area contributed by atoms with Crippen LogP contribution in [0.2, 0.25) is 0 Å². The van der Waals surface area contributed by atoms with Crippen LogP contribution in [-0.4, -0.2) is 0 Å². The highest BCUT2D eigenvalue weighted by molar-refractivity contribution is 6.19. The van der Waals surface area contributed by atoms with E-state index in [2.05, 4.69) is 192 Å².